The van der Waals surface area contributed by atoms with Crippen LogP contribution in [0.5, 0.6) is 0 Å². The van der Waals surface area contributed by atoms with Gasteiger partial charge in [0.25, 0.3) is 0 Å². The van der Waals surface area contributed by atoms with E-state index in [0.717, 1.165) is 23.1 Å². The van der Waals surface area contributed by atoms with Gasteiger partial charge in [0.1, 0.15) is 0 Å². The third-order valence-electron chi connectivity index (χ3n) is 2.79. The van der Waals surface area contributed by atoms with Gasteiger partial charge in [-0.25, -0.2) is 9.79 Å². The third kappa shape index (κ3) is 2.52. The molecule has 0 N–H and O–H groups in total. The van der Waals surface area contributed by atoms with Crippen LogP contribution in [0, 0.1) is 0 Å². The first-order chi connectivity index (χ1) is 7.81. The molecule has 84 valence electrons. The lowest BCUT2D eigenvalue weighted by Gasteiger charge is -2.19. The van der Waals surface area contributed by atoms with Crippen LogP contribution < -0.4 is 4.90 Å². The van der Waals surface area contributed by atoms with Crippen LogP contribution in [0.3, 0.4) is 0 Å². The Hall–Kier alpha value is -1.12. The molecule has 0 atom stereocenters. The second-order valence-corrected chi connectivity index (χ2v) is 4.74. The monoisotopic (exact) mass is 280 g/mol. The maximum atomic E-state index is 10.0. The highest BCUT2D eigenvalue weighted by atomic mass is 79.9. The largest absolute Gasteiger partial charge is 0.371 e. The number of hydrogen-bond acceptors (Lipinski definition) is 3. The van der Waals surface area contributed by atoms with E-state index in [9.17, 15) is 4.79 Å². The number of rotatable bonds is 3. The number of nitrogens with zero attached hydrogens (tertiary/aromatic N) is 2. The van der Waals surface area contributed by atoms with Crippen LogP contribution in [0.25, 0.3) is 0 Å². The topological polar surface area (TPSA) is 32.7 Å². The van der Waals surface area contributed by atoms with Crippen molar-refractivity contribution in [2.45, 2.75) is 19.4 Å². The molecule has 1 aliphatic heterocycles. The van der Waals surface area contributed by atoms with E-state index in [1.807, 2.05) is 12.1 Å². The van der Waals surface area contributed by atoms with E-state index in [1.165, 1.54) is 18.5 Å². The standard InChI is InChI=1S/C12H13BrN2O/c13-11-7-10(8-14-9-16)3-4-12(11)15-5-1-2-6-15/h3-4,7H,1-2,5-6,8H2. The van der Waals surface area contributed by atoms with Gasteiger partial charge in [0.15, 0.2) is 0 Å². The Morgan fingerprint density at radius 3 is 2.75 bits per heavy atom. The maximum absolute atomic E-state index is 10.0. The summed E-state index contributed by atoms with van der Waals surface area (Å²) in [6.45, 7) is 2.66. The number of anilines is 1. The number of isocyanates is 1. The summed E-state index contributed by atoms with van der Waals surface area (Å²) in [5.41, 5.74) is 2.26. The van der Waals surface area contributed by atoms with Gasteiger partial charge in [-0.2, -0.15) is 0 Å². The first-order valence-electron chi connectivity index (χ1n) is 5.38. The molecule has 1 aromatic carbocycles. The molecular weight excluding hydrogens is 268 g/mol. The molecule has 16 heavy (non-hydrogen) atoms. The van der Waals surface area contributed by atoms with Crippen molar-refractivity contribution in [2.75, 3.05) is 18.0 Å². The van der Waals surface area contributed by atoms with Crippen molar-refractivity contribution in [3.8, 4) is 0 Å². The van der Waals surface area contributed by atoms with Crippen molar-refractivity contribution in [1.82, 2.24) is 0 Å². The van der Waals surface area contributed by atoms with Gasteiger partial charge in [-0.05, 0) is 46.5 Å². The Kier molecular flexibility index (Phi) is 3.75. The Morgan fingerprint density at radius 1 is 1.38 bits per heavy atom. The van der Waals surface area contributed by atoms with E-state index in [2.05, 4.69) is 31.9 Å². The van der Waals surface area contributed by atoms with Gasteiger partial charge < -0.3 is 4.90 Å². The zero-order chi connectivity index (χ0) is 11.4. The molecule has 1 saturated heterocycles. The molecule has 1 fully saturated rings. The summed E-state index contributed by atoms with van der Waals surface area (Å²) < 4.78 is 1.08. The predicted octanol–water partition coefficient (Wildman–Crippen LogP) is 2.89. The zero-order valence-corrected chi connectivity index (χ0v) is 10.5. The Morgan fingerprint density at radius 2 is 2.12 bits per heavy atom. The first kappa shape index (κ1) is 11.4. The van der Waals surface area contributed by atoms with Crippen LogP contribution in [0.2, 0.25) is 0 Å². The van der Waals surface area contributed by atoms with Crippen molar-refractivity contribution < 1.29 is 4.79 Å². The van der Waals surface area contributed by atoms with Gasteiger partial charge in [0.05, 0.1) is 12.2 Å². The van der Waals surface area contributed by atoms with Gasteiger partial charge in [-0.15, -0.1) is 0 Å². The molecule has 0 spiro atoms. The summed E-state index contributed by atoms with van der Waals surface area (Å²) in [6, 6.07) is 6.12. The van der Waals surface area contributed by atoms with Gasteiger partial charge >= 0.3 is 0 Å². The Labute approximate surface area is 103 Å². The molecule has 0 aliphatic carbocycles. The molecule has 4 heteroatoms. The van der Waals surface area contributed by atoms with E-state index in [4.69, 9.17) is 0 Å². The van der Waals surface area contributed by atoms with Gasteiger partial charge in [0.2, 0.25) is 6.08 Å². The van der Waals surface area contributed by atoms with Gasteiger partial charge in [0, 0.05) is 17.6 Å². The Balaban J connectivity index is 2.18. The second kappa shape index (κ2) is 5.28. The van der Waals surface area contributed by atoms with E-state index < -0.39 is 0 Å². The molecule has 1 aromatic rings. The minimum atomic E-state index is 0.405. The smallest absolute Gasteiger partial charge is 0.235 e. The number of benzene rings is 1. The minimum absolute atomic E-state index is 0.405. The average molecular weight is 281 g/mol. The highest BCUT2D eigenvalue weighted by molar-refractivity contribution is 9.10. The Bertz CT molecular complexity index is 421. The van der Waals surface area contributed by atoms with Crippen LogP contribution in [-0.2, 0) is 11.3 Å². The average Bonchev–Trinajstić information content (AvgIpc) is 2.80. The molecule has 3 nitrogen and oxygen atoms in total. The minimum Gasteiger partial charge on any atom is -0.371 e. The number of aliphatic imine (C=N–C) groups is 1. The summed E-state index contributed by atoms with van der Waals surface area (Å²) in [4.78, 5) is 16.0. The lowest BCUT2D eigenvalue weighted by molar-refractivity contribution is 0.563. The fourth-order valence-corrected chi connectivity index (χ4v) is 2.66. The third-order valence-corrected chi connectivity index (χ3v) is 3.42. The molecule has 1 heterocycles. The van der Waals surface area contributed by atoms with Gasteiger partial charge in [-0.3, -0.25) is 0 Å². The van der Waals surface area contributed by atoms with E-state index >= 15 is 0 Å². The summed E-state index contributed by atoms with van der Waals surface area (Å²) in [5, 5.41) is 0. The van der Waals surface area contributed by atoms with Crippen LogP contribution >= 0.6 is 15.9 Å². The summed E-state index contributed by atoms with van der Waals surface area (Å²) >= 11 is 3.57. The van der Waals surface area contributed by atoms with Crippen LogP contribution in [0.4, 0.5) is 5.69 Å². The molecule has 0 saturated carbocycles. The molecule has 0 aromatic heterocycles. The fourth-order valence-electron chi connectivity index (χ4n) is 1.99. The molecular formula is C12H13BrN2O. The summed E-state index contributed by atoms with van der Waals surface area (Å²) in [7, 11) is 0. The zero-order valence-electron chi connectivity index (χ0n) is 8.95. The molecule has 0 radical (unpaired) electrons. The molecule has 1 aliphatic rings. The van der Waals surface area contributed by atoms with Crippen LogP contribution in [0.1, 0.15) is 18.4 Å². The fraction of sp³-hybridized carbons (Fsp3) is 0.417. The molecule has 2 rings (SSSR count). The predicted molar refractivity (Wildman–Crippen MR) is 67.4 cm³/mol. The van der Waals surface area contributed by atoms with Crippen molar-refractivity contribution in [3.63, 3.8) is 0 Å². The van der Waals surface area contributed by atoms with E-state index in [0.29, 0.717) is 6.54 Å². The second-order valence-electron chi connectivity index (χ2n) is 3.89. The maximum Gasteiger partial charge on any atom is 0.235 e. The summed E-state index contributed by atoms with van der Waals surface area (Å²) in [5.74, 6) is 0. The highest BCUT2D eigenvalue weighted by Gasteiger charge is 2.14. The van der Waals surface area contributed by atoms with Crippen molar-refractivity contribution in [1.29, 1.82) is 0 Å². The van der Waals surface area contributed by atoms with Crippen molar-refractivity contribution in [3.05, 3.63) is 28.2 Å². The van der Waals surface area contributed by atoms with Crippen LogP contribution in [-0.4, -0.2) is 19.2 Å². The van der Waals surface area contributed by atoms with Crippen molar-refractivity contribution >= 4 is 27.7 Å². The van der Waals surface area contributed by atoms with Crippen molar-refractivity contribution in [2.24, 2.45) is 4.99 Å². The molecule has 0 bridgehead atoms. The normalized spacial score (nSPS) is 14.9. The van der Waals surface area contributed by atoms with Crippen LogP contribution in [0.15, 0.2) is 27.7 Å². The first-order valence-corrected chi connectivity index (χ1v) is 6.17. The summed E-state index contributed by atoms with van der Waals surface area (Å²) in [6.07, 6.45) is 4.09. The van der Waals surface area contributed by atoms with Gasteiger partial charge in [-0.1, -0.05) is 6.07 Å². The SMILES string of the molecule is O=C=NCc1ccc(N2CCCC2)c(Br)c1. The molecule has 0 unspecified atom stereocenters. The lowest BCUT2D eigenvalue weighted by Crippen LogP contribution is -2.17. The highest BCUT2D eigenvalue weighted by Crippen LogP contribution is 2.30. The lowest BCUT2D eigenvalue weighted by atomic mass is 10.2. The number of carbonyl (C=O) groups excluding carboxylic acids is 1. The molecule has 0 amide bonds. The quantitative estimate of drug-likeness (QED) is 0.630. The number of halogens is 1. The number of hydrogen-bond donors (Lipinski definition) is 0. The van der Waals surface area contributed by atoms with E-state index in [-0.39, 0.29) is 0 Å². The van der Waals surface area contributed by atoms with E-state index in [1.54, 1.807) is 6.08 Å².